The van der Waals surface area contributed by atoms with Gasteiger partial charge in [-0.3, -0.25) is 0 Å². The first-order chi connectivity index (χ1) is 8.47. The van der Waals surface area contributed by atoms with Gasteiger partial charge >= 0.3 is 0 Å². The zero-order valence-corrected chi connectivity index (χ0v) is 11.8. The van der Waals surface area contributed by atoms with E-state index in [0.29, 0.717) is 26.7 Å². The van der Waals surface area contributed by atoms with E-state index < -0.39 is 0 Å². The van der Waals surface area contributed by atoms with Crippen LogP contribution >= 0.6 is 27.5 Å². The topological polar surface area (TPSA) is 50.9 Å². The molecule has 6 heteroatoms. The smallest absolute Gasteiger partial charge is 0.153 e. The molecule has 0 unspecified atom stereocenters. The molecular weight excluding hydrogens is 321 g/mol. The molecule has 2 rings (SSSR count). The summed E-state index contributed by atoms with van der Waals surface area (Å²) in [6.45, 7) is 1.86. The molecule has 2 aromatic rings. The van der Waals surface area contributed by atoms with Gasteiger partial charge in [0.25, 0.3) is 0 Å². The van der Waals surface area contributed by atoms with Crippen molar-refractivity contribution in [2.45, 2.75) is 6.92 Å². The molecule has 94 valence electrons. The fourth-order valence-electron chi connectivity index (χ4n) is 1.47. The molecule has 0 aliphatic heterocycles. The zero-order valence-electron chi connectivity index (χ0n) is 9.47. The van der Waals surface area contributed by atoms with E-state index in [0.717, 1.165) is 5.56 Å². The van der Waals surface area contributed by atoms with Gasteiger partial charge in [-0.25, -0.2) is 9.37 Å². The van der Waals surface area contributed by atoms with Gasteiger partial charge in [-0.05, 0) is 46.6 Å². The molecule has 1 heterocycles. The summed E-state index contributed by atoms with van der Waals surface area (Å²) < 4.78 is 13.9. The molecule has 0 amide bonds. The fraction of sp³-hybridized carbons (Fsp3) is 0.0833. The second kappa shape index (κ2) is 5.12. The summed E-state index contributed by atoms with van der Waals surface area (Å²) in [5.74, 6) is 0.0971. The van der Waals surface area contributed by atoms with Crippen LogP contribution in [0.3, 0.4) is 0 Å². The number of nitrogens with zero attached hydrogens (tertiary/aromatic N) is 1. The number of pyridine rings is 1. The normalized spacial score (nSPS) is 10.4. The molecular formula is C12H10BrClFN3. The van der Waals surface area contributed by atoms with Crippen LogP contribution in [0.25, 0.3) is 0 Å². The van der Waals surface area contributed by atoms with E-state index in [4.69, 9.17) is 17.3 Å². The highest BCUT2D eigenvalue weighted by atomic mass is 79.9. The van der Waals surface area contributed by atoms with Crippen LogP contribution in [-0.4, -0.2) is 4.98 Å². The highest BCUT2D eigenvalue weighted by molar-refractivity contribution is 9.10. The Morgan fingerprint density at radius 2 is 2.11 bits per heavy atom. The van der Waals surface area contributed by atoms with Crippen LogP contribution in [0.15, 0.2) is 28.9 Å². The van der Waals surface area contributed by atoms with Crippen LogP contribution in [0.5, 0.6) is 0 Å². The van der Waals surface area contributed by atoms with Crippen LogP contribution in [0.1, 0.15) is 5.56 Å². The van der Waals surface area contributed by atoms with Crippen molar-refractivity contribution in [3.63, 3.8) is 0 Å². The third-order valence-electron chi connectivity index (χ3n) is 2.40. The summed E-state index contributed by atoms with van der Waals surface area (Å²) >= 11 is 8.89. The molecule has 0 saturated heterocycles. The molecule has 0 radical (unpaired) electrons. The van der Waals surface area contributed by atoms with Gasteiger partial charge in [0, 0.05) is 11.9 Å². The van der Waals surface area contributed by atoms with Gasteiger partial charge in [-0.1, -0.05) is 11.6 Å². The van der Waals surface area contributed by atoms with E-state index >= 15 is 0 Å². The Labute approximate surface area is 117 Å². The number of aryl methyl sites for hydroxylation is 1. The average Bonchev–Trinajstić information content (AvgIpc) is 2.29. The quantitative estimate of drug-likeness (QED) is 0.864. The Kier molecular flexibility index (Phi) is 3.73. The third kappa shape index (κ3) is 2.73. The second-order valence-corrected chi connectivity index (χ2v) is 5.09. The summed E-state index contributed by atoms with van der Waals surface area (Å²) in [5.41, 5.74) is 7.67. The first-order valence-electron chi connectivity index (χ1n) is 5.11. The van der Waals surface area contributed by atoms with Gasteiger partial charge in [-0.15, -0.1) is 0 Å². The van der Waals surface area contributed by atoms with Crippen LogP contribution in [-0.2, 0) is 0 Å². The van der Waals surface area contributed by atoms with E-state index in [1.807, 2.05) is 6.92 Å². The maximum absolute atomic E-state index is 13.5. The van der Waals surface area contributed by atoms with Gasteiger partial charge in [-0.2, -0.15) is 0 Å². The Hall–Kier alpha value is -1.33. The lowest BCUT2D eigenvalue weighted by atomic mass is 10.2. The SMILES string of the molecule is Cc1cc(Br)c(F)cc1Nc1ncc(Cl)cc1N. The summed E-state index contributed by atoms with van der Waals surface area (Å²) in [5, 5.41) is 3.44. The van der Waals surface area contributed by atoms with Crippen molar-refractivity contribution in [2.24, 2.45) is 0 Å². The number of nitrogens with one attached hydrogen (secondary N) is 1. The minimum absolute atomic E-state index is 0.351. The number of nitrogen functional groups attached to an aromatic ring is 1. The highest BCUT2D eigenvalue weighted by Crippen LogP contribution is 2.28. The van der Waals surface area contributed by atoms with Crippen molar-refractivity contribution in [1.82, 2.24) is 4.98 Å². The minimum atomic E-state index is -0.351. The van der Waals surface area contributed by atoms with Crippen LogP contribution < -0.4 is 11.1 Å². The lowest BCUT2D eigenvalue weighted by Gasteiger charge is -2.11. The predicted molar refractivity (Wildman–Crippen MR) is 75.8 cm³/mol. The summed E-state index contributed by atoms with van der Waals surface area (Å²) in [6, 6.07) is 4.65. The average molecular weight is 331 g/mol. The van der Waals surface area contributed by atoms with Crippen molar-refractivity contribution >= 4 is 44.7 Å². The molecule has 1 aromatic heterocycles. The van der Waals surface area contributed by atoms with Gasteiger partial charge in [0.2, 0.25) is 0 Å². The minimum Gasteiger partial charge on any atom is -0.396 e. The zero-order chi connectivity index (χ0) is 13.3. The van der Waals surface area contributed by atoms with Crippen molar-refractivity contribution in [2.75, 3.05) is 11.1 Å². The van der Waals surface area contributed by atoms with Gasteiger partial charge in [0.1, 0.15) is 5.82 Å². The highest BCUT2D eigenvalue weighted by Gasteiger charge is 2.08. The molecule has 18 heavy (non-hydrogen) atoms. The molecule has 0 bridgehead atoms. The van der Waals surface area contributed by atoms with E-state index in [1.165, 1.54) is 12.3 Å². The number of hydrogen-bond donors (Lipinski definition) is 2. The summed E-state index contributed by atoms with van der Waals surface area (Å²) in [6.07, 6.45) is 1.48. The van der Waals surface area contributed by atoms with Crippen molar-refractivity contribution in [3.8, 4) is 0 Å². The molecule has 0 atom stereocenters. The summed E-state index contributed by atoms with van der Waals surface area (Å²) in [4.78, 5) is 4.06. The van der Waals surface area contributed by atoms with Gasteiger partial charge in [0.15, 0.2) is 5.82 Å². The Morgan fingerprint density at radius 1 is 1.39 bits per heavy atom. The molecule has 3 nitrogen and oxygen atoms in total. The van der Waals surface area contributed by atoms with Crippen LogP contribution in [0.2, 0.25) is 5.02 Å². The number of anilines is 3. The number of aromatic nitrogens is 1. The number of rotatable bonds is 2. The summed E-state index contributed by atoms with van der Waals surface area (Å²) in [7, 11) is 0. The van der Waals surface area contributed by atoms with Crippen molar-refractivity contribution in [1.29, 1.82) is 0 Å². The number of hydrogen-bond acceptors (Lipinski definition) is 3. The molecule has 0 aliphatic rings. The van der Waals surface area contributed by atoms with E-state index in [-0.39, 0.29) is 5.82 Å². The second-order valence-electron chi connectivity index (χ2n) is 3.80. The number of benzene rings is 1. The van der Waals surface area contributed by atoms with E-state index in [9.17, 15) is 4.39 Å². The van der Waals surface area contributed by atoms with Gasteiger partial charge < -0.3 is 11.1 Å². The fourth-order valence-corrected chi connectivity index (χ4v) is 2.09. The van der Waals surface area contributed by atoms with E-state index in [2.05, 4.69) is 26.2 Å². The monoisotopic (exact) mass is 329 g/mol. The first kappa shape index (κ1) is 13.1. The molecule has 0 fully saturated rings. The predicted octanol–water partition coefficient (Wildman–Crippen LogP) is 4.27. The molecule has 1 aromatic carbocycles. The molecule has 3 N–H and O–H groups in total. The molecule has 0 saturated carbocycles. The lowest BCUT2D eigenvalue weighted by Crippen LogP contribution is -2.01. The Balaban J connectivity index is 2.37. The molecule has 0 aliphatic carbocycles. The number of nitrogens with two attached hydrogens (primary N) is 1. The standard InChI is InChI=1S/C12H10BrClFN3/c1-6-2-8(13)9(15)4-11(6)18-12-10(16)3-7(14)5-17-12/h2-5H,16H2,1H3,(H,17,18). The largest absolute Gasteiger partial charge is 0.396 e. The Bertz CT molecular complexity index is 604. The van der Waals surface area contributed by atoms with Crippen LogP contribution in [0, 0.1) is 12.7 Å². The van der Waals surface area contributed by atoms with Gasteiger partial charge in [0.05, 0.1) is 15.2 Å². The molecule has 0 spiro atoms. The first-order valence-corrected chi connectivity index (χ1v) is 6.28. The van der Waals surface area contributed by atoms with Crippen molar-refractivity contribution < 1.29 is 4.39 Å². The maximum atomic E-state index is 13.5. The third-order valence-corrected chi connectivity index (χ3v) is 3.22. The Morgan fingerprint density at radius 3 is 2.78 bits per heavy atom. The van der Waals surface area contributed by atoms with Crippen LogP contribution in [0.4, 0.5) is 21.6 Å². The maximum Gasteiger partial charge on any atom is 0.153 e. The number of halogens is 3. The van der Waals surface area contributed by atoms with Crippen molar-refractivity contribution in [3.05, 3.63) is 45.3 Å². The lowest BCUT2D eigenvalue weighted by molar-refractivity contribution is 0.621. The van der Waals surface area contributed by atoms with E-state index in [1.54, 1.807) is 12.1 Å².